The van der Waals surface area contributed by atoms with Crippen LogP contribution in [0.4, 0.5) is 0 Å². The molecule has 10 atom stereocenters. The van der Waals surface area contributed by atoms with E-state index in [1.807, 2.05) is 0 Å². The number of H-pyrrole nitrogens is 2. The normalized spacial score (nSPS) is 33.1. The van der Waals surface area contributed by atoms with E-state index >= 15 is 0 Å². The molecule has 2 aliphatic carbocycles. The third kappa shape index (κ3) is 6.25. The Kier molecular flexibility index (Phi) is 10.6. The van der Waals surface area contributed by atoms with Gasteiger partial charge in [-0.3, -0.25) is 19.4 Å². The monoisotopic (exact) mass is 776 g/mol. The SMILES string of the molecule is Cl.Cl.O=C(NCCNC(=O)[C@@H]1[C@H]2C[C@H]3c4[nH]c5ccccc5c4CCN3C[C@@H]2CC[C@@H]1O)[C@@H]1[C@H]2C[C@H]3c4[nH]c5ccccc5c4CCN3C[C@@H]2CC[C@@H]1O. The van der Waals surface area contributed by atoms with Crippen molar-refractivity contribution < 1.29 is 19.8 Å². The number of aromatic amines is 2. The predicted octanol–water partition coefficient (Wildman–Crippen LogP) is 5.04. The molecule has 10 rings (SSSR count). The molecule has 10 nitrogen and oxygen atoms in total. The van der Waals surface area contributed by atoms with Gasteiger partial charge in [-0.15, -0.1) is 24.8 Å². The summed E-state index contributed by atoms with van der Waals surface area (Å²) in [6.07, 6.45) is 5.65. The Labute approximate surface area is 329 Å². The molecule has 6 aliphatic rings. The van der Waals surface area contributed by atoms with Gasteiger partial charge in [0.1, 0.15) is 0 Å². The zero-order valence-electron chi connectivity index (χ0n) is 30.7. The summed E-state index contributed by atoms with van der Waals surface area (Å²) in [7, 11) is 0. The van der Waals surface area contributed by atoms with Gasteiger partial charge in [0.15, 0.2) is 0 Å². The summed E-state index contributed by atoms with van der Waals surface area (Å²) in [4.78, 5) is 40.3. The number of amides is 2. The quantitative estimate of drug-likeness (QED) is 0.157. The predicted molar refractivity (Wildman–Crippen MR) is 214 cm³/mol. The van der Waals surface area contributed by atoms with Crippen molar-refractivity contribution in [3.8, 4) is 0 Å². The summed E-state index contributed by atoms with van der Waals surface area (Å²) >= 11 is 0. The number of rotatable bonds is 5. The molecule has 4 aromatic rings. The van der Waals surface area contributed by atoms with E-state index in [2.05, 4.69) is 78.9 Å². The summed E-state index contributed by atoms with van der Waals surface area (Å²) in [6, 6.07) is 17.5. The molecule has 6 N–H and O–H groups in total. The highest BCUT2D eigenvalue weighted by atomic mass is 35.5. The van der Waals surface area contributed by atoms with E-state index in [1.54, 1.807) is 0 Å². The molecule has 290 valence electrons. The second kappa shape index (κ2) is 15.1. The first kappa shape index (κ1) is 37.8. The van der Waals surface area contributed by atoms with Gasteiger partial charge in [0.05, 0.1) is 36.1 Å². The number of hydrogen-bond donors (Lipinski definition) is 6. The first-order valence-corrected chi connectivity index (χ1v) is 20.0. The highest BCUT2D eigenvalue weighted by Crippen LogP contribution is 2.51. The van der Waals surface area contributed by atoms with Crippen molar-refractivity contribution in [1.29, 1.82) is 0 Å². The molecule has 0 radical (unpaired) electrons. The van der Waals surface area contributed by atoms with Crippen LogP contribution in [-0.2, 0) is 22.4 Å². The second-order valence-electron chi connectivity index (χ2n) is 16.9. The topological polar surface area (TPSA) is 137 Å². The fourth-order valence-corrected chi connectivity index (χ4v) is 12.0. The van der Waals surface area contributed by atoms with Crippen molar-refractivity contribution in [1.82, 2.24) is 30.4 Å². The minimum absolute atomic E-state index is 0. The van der Waals surface area contributed by atoms with Crippen LogP contribution < -0.4 is 10.6 Å². The van der Waals surface area contributed by atoms with Crippen LogP contribution in [0.15, 0.2) is 48.5 Å². The minimum Gasteiger partial charge on any atom is -0.392 e. The molecule has 2 aromatic heterocycles. The number of halogens is 2. The van der Waals surface area contributed by atoms with Crippen molar-refractivity contribution in [2.75, 3.05) is 39.3 Å². The molecule has 12 heteroatoms. The Morgan fingerprint density at radius 1 is 0.648 bits per heavy atom. The number of aliphatic hydroxyl groups excluding tert-OH is 2. The summed E-state index contributed by atoms with van der Waals surface area (Å²) in [5.41, 5.74) is 7.74. The molecule has 2 saturated heterocycles. The molecular weight excluding hydrogens is 723 g/mol. The van der Waals surface area contributed by atoms with E-state index in [0.717, 1.165) is 64.7 Å². The number of carbonyl (C=O) groups is 2. The molecule has 2 saturated carbocycles. The largest absolute Gasteiger partial charge is 0.392 e. The lowest BCUT2D eigenvalue weighted by Gasteiger charge is -2.51. The number of aliphatic hydroxyl groups is 2. The van der Waals surface area contributed by atoms with E-state index in [4.69, 9.17) is 0 Å². The average molecular weight is 778 g/mol. The first-order chi connectivity index (χ1) is 25.4. The van der Waals surface area contributed by atoms with Crippen LogP contribution in [0, 0.1) is 35.5 Å². The lowest BCUT2D eigenvalue weighted by molar-refractivity contribution is -0.141. The fraction of sp³-hybridized carbons (Fsp3) is 0.571. The molecule has 6 heterocycles. The van der Waals surface area contributed by atoms with E-state index in [1.165, 1.54) is 44.3 Å². The van der Waals surface area contributed by atoms with Crippen LogP contribution in [0.1, 0.15) is 73.1 Å². The zero-order valence-corrected chi connectivity index (χ0v) is 32.3. The third-order valence-electron chi connectivity index (χ3n) is 14.4. The zero-order chi connectivity index (χ0) is 35.1. The van der Waals surface area contributed by atoms with Crippen molar-refractivity contribution in [2.24, 2.45) is 35.5 Å². The Morgan fingerprint density at radius 3 is 1.52 bits per heavy atom. The maximum absolute atomic E-state index is 13.8. The van der Waals surface area contributed by atoms with Crippen LogP contribution in [0.3, 0.4) is 0 Å². The smallest absolute Gasteiger partial charge is 0.226 e. The second-order valence-corrected chi connectivity index (χ2v) is 16.9. The van der Waals surface area contributed by atoms with Gasteiger partial charge >= 0.3 is 0 Å². The van der Waals surface area contributed by atoms with Crippen molar-refractivity contribution in [3.63, 3.8) is 0 Å². The first-order valence-electron chi connectivity index (χ1n) is 20.0. The summed E-state index contributed by atoms with van der Waals surface area (Å²) in [6.45, 7) is 4.59. The number of piperidine rings is 2. The molecule has 54 heavy (non-hydrogen) atoms. The van der Waals surface area contributed by atoms with Crippen LogP contribution >= 0.6 is 24.8 Å². The number of nitrogens with one attached hydrogen (secondary N) is 4. The van der Waals surface area contributed by atoms with Gasteiger partial charge in [-0.05, 0) is 98.3 Å². The molecule has 4 fully saturated rings. The summed E-state index contributed by atoms with van der Waals surface area (Å²) < 4.78 is 0. The van der Waals surface area contributed by atoms with Gasteiger partial charge < -0.3 is 30.8 Å². The van der Waals surface area contributed by atoms with Crippen LogP contribution in [-0.4, -0.2) is 93.3 Å². The molecular formula is C42H54Cl2N6O4. The van der Waals surface area contributed by atoms with Gasteiger partial charge in [0.2, 0.25) is 11.8 Å². The van der Waals surface area contributed by atoms with Crippen molar-refractivity contribution in [2.45, 2.75) is 75.7 Å². The Balaban J connectivity index is 0.00000207. The molecule has 0 bridgehead atoms. The van der Waals surface area contributed by atoms with Gasteiger partial charge in [-0.1, -0.05) is 36.4 Å². The van der Waals surface area contributed by atoms with Crippen LogP contribution in [0.5, 0.6) is 0 Å². The van der Waals surface area contributed by atoms with Crippen LogP contribution in [0.2, 0.25) is 0 Å². The lowest BCUT2D eigenvalue weighted by Crippen LogP contribution is -2.56. The molecule has 2 aromatic carbocycles. The van der Waals surface area contributed by atoms with Crippen molar-refractivity contribution >= 4 is 58.4 Å². The number of benzene rings is 2. The van der Waals surface area contributed by atoms with E-state index in [-0.39, 0.29) is 60.5 Å². The maximum Gasteiger partial charge on any atom is 0.226 e. The molecule has 4 aliphatic heterocycles. The van der Waals surface area contributed by atoms with Gasteiger partial charge in [-0.2, -0.15) is 0 Å². The highest BCUT2D eigenvalue weighted by Gasteiger charge is 2.51. The average Bonchev–Trinajstić information content (AvgIpc) is 3.74. The summed E-state index contributed by atoms with van der Waals surface area (Å²) in [5, 5.41) is 31.3. The number of para-hydroxylation sites is 2. The van der Waals surface area contributed by atoms with Gasteiger partial charge in [0, 0.05) is 72.5 Å². The van der Waals surface area contributed by atoms with E-state index < -0.39 is 24.0 Å². The Morgan fingerprint density at radius 2 is 1.07 bits per heavy atom. The highest BCUT2D eigenvalue weighted by molar-refractivity contribution is 5.87. The fourth-order valence-electron chi connectivity index (χ4n) is 12.0. The lowest BCUT2D eigenvalue weighted by atomic mass is 9.64. The molecule has 0 spiro atoms. The van der Waals surface area contributed by atoms with Crippen LogP contribution in [0.25, 0.3) is 21.8 Å². The Bertz CT molecular complexity index is 1870. The minimum atomic E-state index is -0.661. The number of aromatic nitrogens is 2. The summed E-state index contributed by atoms with van der Waals surface area (Å²) in [5.74, 6) is -0.131. The molecule has 0 unspecified atom stereocenters. The van der Waals surface area contributed by atoms with Gasteiger partial charge in [0.25, 0.3) is 0 Å². The molecule has 2 amide bonds. The van der Waals surface area contributed by atoms with Crippen molar-refractivity contribution in [3.05, 3.63) is 71.0 Å². The van der Waals surface area contributed by atoms with E-state index in [0.29, 0.717) is 37.8 Å². The number of hydrogen-bond acceptors (Lipinski definition) is 6. The van der Waals surface area contributed by atoms with Gasteiger partial charge in [-0.25, -0.2) is 0 Å². The standard InChI is InChI=1S/C42H52N6O4.2ClH/c49-35-11-9-23-21-47-17-13-27-25-5-1-3-7-31(25)45-39(27)33(47)19-29(23)37(35)41(51)43-15-16-44-42(52)38-30-20-34-40-28(26-6-2-4-8-32(26)46-40)14-18-48(34)22-24(30)10-12-36(38)50;;/h1-8,23-24,29-30,33-38,45-46,49-50H,9-22H2,(H,43,51)(H,44,52);2*1H/t23-,24-,29-,30-,33-,34-,35-,36-,37+,38+;;/m0../s1. The maximum atomic E-state index is 13.8. The number of nitrogens with zero attached hydrogens (tertiary/aromatic N) is 2. The third-order valence-corrected chi connectivity index (χ3v) is 14.4. The number of fused-ring (bicyclic) bond motifs is 12. The number of carbonyl (C=O) groups excluding carboxylic acids is 2. The Hall–Kier alpha value is -3.12. The van der Waals surface area contributed by atoms with E-state index in [9.17, 15) is 19.8 Å².